The molecule has 1 aliphatic heterocycles. The van der Waals surface area contributed by atoms with Crippen LogP contribution in [0.15, 0.2) is 0 Å². The molecule has 0 aromatic rings. The van der Waals surface area contributed by atoms with Crippen molar-refractivity contribution < 1.29 is 9.53 Å². The first-order chi connectivity index (χ1) is 8.55. The van der Waals surface area contributed by atoms with Gasteiger partial charge < -0.3 is 19.9 Å². The molecule has 1 aliphatic carbocycles. The molecule has 2 aliphatic rings. The van der Waals surface area contributed by atoms with Crippen molar-refractivity contribution in [2.24, 2.45) is 0 Å². The van der Waals surface area contributed by atoms with E-state index < -0.39 is 0 Å². The van der Waals surface area contributed by atoms with Gasteiger partial charge in [0.25, 0.3) is 0 Å². The molecule has 5 heteroatoms. The Balaban J connectivity index is 1.90. The zero-order valence-electron chi connectivity index (χ0n) is 11.7. The number of carbonyl (C=O) groups is 1. The predicted octanol–water partition coefficient (Wildman–Crippen LogP) is -0.0825. The molecule has 1 saturated carbocycles. The van der Waals surface area contributed by atoms with Crippen LogP contribution in [-0.4, -0.2) is 74.7 Å². The van der Waals surface area contributed by atoms with E-state index in [0.717, 1.165) is 13.1 Å². The number of nitrogens with one attached hydrogen (secondary N) is 1. The number of likely N-dealkylation sites (N-methyl/N-ethyl adjacent to an activating group) is 2. The molecule has 104 valence electrons. The number of nitrogens with zero attached hydrogens (tertiary/aromatic N) is 2. The summed E-state index contributed by atoms with van der Waals surface area (Å²) in [4.78, 5) is 16.4. The molecule has 1 N–H and O–H groups in total. The number of rotatable bonds is 4. The van der Waals surface area contributed by atoms with Crippen LogP contribution in [0.1, 0.15) is 19.3 Å². The van der Waals surface area contributed by atoms with Crippen LogP contribution in [0.2, 0.25) is 0 Å². The van der Waals surface area contributed by atoms with E-state index in [-0.39, 0.29) is 17.5 Å². The first-order valence-corrected chi connectivity index (χ1v) is 6.79. The van der Waals surface area contributed by atoms with Gasteiger partial charge in [0.1, 0.15) is 6.04 Å². The fraction of sp³-hybridized carbons (Fsp3) is 0.923. The summed E-state index contributed by atoms with van der Waals surface area (Å²) in [6, 6.07) is -0.164. The third-order valence-corrected chi connectivity index (χ3v) is 4.36. The van der Waals surface area contributed by atoms with Gasteiger partial charge in [0.05, 0.1) is 13.2 Å². The van der Waals surface area contributed by atoms with E-state index >= 15 is 0 Å². The molecular weight excluding hydrogens is 230 g/mol. The first-order valence-electron chi connectivity index (χ1n) is 6.79. The number of ether oxygens (including phenoxy) is 1. The van der Waals surface area contributed by atoms with Gasteiger partial charge in [-0.05, 0) is 33.4 Å². The lowest BCUT2D eigenvalue weighted by atomic mass is 9.75. The third kappa shape index (κ3) is 2.68. The molecule has 1 atom stereocenters. The highest BCUT2D eigenvalue weighted by molar-refractivity contribution is 5.82. The number of hydrogen-bond acceptors (Lipinski definition) is 4. The monoisotopic (exact) mass is 255 g/mol. The molecule has 5 nitrogen and oxygen atoms in total. The van der Waals surface area contributed by atoms with Crippen LogP contribution in [0.5, 0.6) is 0 Å². The van der Waals surface area contributed by atoms with Gasteiger partial charge in [-0.2, -0.15) is 0 Å². The van der Waals surface area contributed by atoms with E-state index in [1.165, 1.54) is 19.3 Å². The van der Waals surface area contributed by atoms with Crippen molar-refractivity contribution in [3.05, 3.63) is 0 Å². The minimum atomic E-state index is -0.164. The Kier molecular flexibility index (Phi) is 4.25. The summed E-state index contributed by atoms with van der Waals surface area (Å²) in [5, 5.41) is 3.22. The molecule has 0 radical (unpaired) electrons. The lowest BCUT2D eigenvalue weighted by Gasteiger charge is -2.49. The zero-order chi connectivity index (χ0) is 13.2. The predicted molar refractivity (Wildman–Crippen MR) is 70.5 cm³/mol. The van der Waals surface area contributed by atoms with Crippen LogP contribution in [0.25, 0.3) is 0 Å². The van der Waals surface area contributed by atoms with Crippen molar-refractivity contribution in [3.8, 4) is 0 Å². The second-order valence-corrected chi connectivity index (χ2v) is 5.75. The number of morpholine rings is 1. The van der Waals surface area contributed by atoms with E-state index in [2.05, 4.69) is 24.3 Å². The SMILES string of the molecule is CN(CC1(N(C)C)CCC1)C(=O)C1COCCN1. The highest BCUT2D eigenvalue weighted by Crippen LogP contribution is 2.36. The van der Waals surface area contributed by atoms with Crippen molar-refractivity contribution >= 4 is 5.91 Å². The Morgan fingerprint density at radius 1 is 1.39 bits per heavy atom. The van der Waals surface area contributed by atoms with E-state index in [1.54, 1.807) is 0 Å². The standard InChI is InChI=1S/C13H25N3O2/c1-15(2)13(5-4-6-13)10-16(3)12(17)11-9-18-8-7-14-11/h11,14H,4-10H2,1-3H3. The third-order valence-electron chi connectivity index (χ3n) is 4.36. The summed E-state index contributed by atoms with van der Waals surface area (Å²) < 4.78 is 5.35. The summed E-state index contributed by atoms with van der Waals surface area (Å²) in [5.74, 6) is 0.155. The van der Waals surface area contributed by atoms with Gasteiger partial charge in [0, 0.05) is 25.7 Å². The molecule has 1 heterocycles. The Labute approximate surface area is 109 Å². The van der Waals surface area contributed by atoms with Crippen molar-refractivity contribution in [2.45, 2.75) is 30.8 Å². The molecule has 0 spiro atoms. The molecule has 18 heavy (non-hydrogen) atoms. The highest BCUT2D eigenvalue weighted by atomic mass is 16.5. The molecule has 0 aromatic heterocycles. The Hall–Kier alpha value is -0.650. The number of carbonyl (C=O) groups excluding carboxylic acids is 1. The maximum absolute atomic E-state index is 12.3. The number of hydrogen-bond donors (Lipinski definition) is 1. The average Bonchev–Trinajstić information content (AvgIpc) is 2.33. The van der Waals surface area contributed by atoms with Crippen LogP contribution in [0.3, 0.4) is 0 Å². The Morgan fingerprint density at radius 3 is 2.56 bits per heavy atom. The van der Waals surface area contributed by atoms with Gasteiger partial charge in [-0.1, -0.05) is 0 Å². The minimum Gasteiger partial charge on any atom is -0.378 e. The quantitative estimate of drug-likeness (QED) is 0.763. The van der Waals surface area contributed by atoms with E-state index in [9.17, 15) is 4.79 Å². The maximum atomic E-state index is 12.3. The molecule has 1 amide bonds. The highest BCUT2D eigenvalue weighted by Gasteiger charge is 2.41. The Morgan fingerprint density at radius 2 is 2.11 bits per heavy atom. The molecule has 1 unspecified atom stereocenters. The van der Waals surface area contributed by atoms with Crippen LogP contribution in [0.4, 0.5) is 0 Å². The lowest BCUT2D eigenvalue weighted by molar-refractivity contribution is -0.137. The summed E-state index contributed by atoms with van der Waals surface area (Å²) in [6.07, 6.45) is 3.64. The van der Waals surface area contributed by atoms with E-state index in [4.69, 9.17) is 4.74 Å². The van der Waals surface area contributed by atoms with Crippen LogP contribution in [-0.2, 0) is 9.53 Å². The molecule has 1 saturated heterocycles. The summed E-state index contributed by atoms with van der Waals surface area (Å²) in [7, 11) is 6.13. The van der Waals surface area contributed by atoms with Crippen molar-refractivity contribution in [1.29, 1.82) is 0 Å². The summed E-state index contributed by atoms with van der Waals surface area (Å²) in [5.41, 5.74) is 0.194. The van der Waals surface area contributed by atoms with Crippen molar-refractivity contribution in [1.82, 2.24) is 15.1 Å². The molecule has 0 aromatic carbocycles. The van der Waals surface area contributed by atoms with Crippen LogP contribution >= 0.6 is 0 Å². The molecular formula is C13H25N3O2. The van der Waals surface area contributed by atoms with Crippen LogP contribution < -0.4 is 5.32 Å². The van der Waals surface area contributed by atoms with E-state index in [1.807, 2.05) is 11.9 Å². The zero-order valence-corrected chi connectivity index (χ0v) is 11.7. The second-order valence-electron chi connectivity index (χ2n) is 5.75. The van der Waals surface area contributed by atoms with Gasteiger partial charge in [-0.25, -0.2) is 0 Å². The second kappa shape index (κ2) is 5.55. The summed E-state index contributed by atoms with van der Waals surface area (Å²) >= 11 is 0. The smallest absolute Gasteiger partial charge is 0.241 e. The minimum absolute atomic E-state index is 0.155. The number of amides is 1. The average molecular weight is 255 g/mol. The maximum Gasteiger partial charge on any atom is 0.241 e. The van der Waals surface area contributed by atoms with Crippen molar-refractivity contribution in [3.63, 3.8) is 0 Å². The molecule has 2 rings (SSSR count). The van der Waals surface area contributed by atoms with Crippen LogP contribution in [0, 0.1) is 0 Å². The lowest BCUT2D eigenvalue weighted by Crippen LogP contribution is -2.60. The van der Waals surface area contributed by atoms with E-state index in [0.29, 0.717) is 13.2 Å². The first kappa shape index (κ1) is 13.8. The molecule has 0 bridgehead atoms. The topological polar surface area (TPSA) is 44.8 Å². The van der Waals surface area contributed by atoms with Gasteiger partial charge in [-0.15, -0.1) is 0 Å². The Bertz CT molecular complexity index is 297. The fourth-order valence-corrected chi connectivity index (χ4v) is 2.84. The summed E-state index contributed by atoms with van der Waals surface area (Å²) in [6.45, 7) is 2.79. The van der Waals surface area contributed by atoms with Gasteiger partial charge in [0.15, 0.2) is 0 Å². The van der Waals surface area contributed by atoms with Gasteiger partial charge in [0.2, 0.25) is 5.91 Å². The fourth-order valence-electron chi connectivity index (χ4n) is 2.84. The largest absolute Gasteiger partial charge is 0.378 e. The molecule has 2 fully saturated rings. The van der Waals surface area contributed by atoms with Crippen molar-refractivity contribution in [2.75, 3.05) is 47.4 Å². The normalized spacial score (nSPS) is 26.8. The van der Waals surface area contributed by atoms with Gasteiger partial charge >= 0.3 is 0 Å². The van der Waals surface area contributed by atoms with Gasteiger partial charge in [-0.3, -0.25) is 4.79 Å².